The van der Waals surface area contributed by atoms with Crippen molar-refractivity contribution in [3.05, 3.63) is 57.6 Å². The molecule has 0 fully saturated rings. The Hall–Kier alpha value is -1.57. The molecular formula is C17H11BrF7. The van der Waals surface area contributed by atoms with Crippen molar-refractivity contribution in [1.29, 1.82) is 0 Å². The number of hydrogen-bond acceptors (Lipinski definition) is 0. The molecule has 0 nitrogen and oxygen atoms in total. The molecule has 0 saturated heterocycles. The monoisotopic (exact) mass is 427 g/mol. The van der Waals surface area contributed by atoms with Crippen LogP contribution in [0.15, 0.2) is 34.8 Å². The predicted octanol–water partition coefficient (Wildman–Crippen LogP) is 6.82. The summed E-state index contributed by atoms with van der Waals surface area (Å²) in [6.07, 6.45) is -12.4. The summed E-state index contributed by atoms with van der Waals surface area (Å²) in [5.74, 6) is 0. The Labute approximate surface area is 147 Å². The molecule has 0 heterocycles. The summed E-state index contributed by atoms with van der Waals surface area (Å²) in [6, 6.07) is 8.98. The molecule has 2 aromatic carbocycles. The van der Waals surface area contributed by atoms with Crippen LogP contribution >= 0.6 is 15.9 Å². The fourth-order valence-electron chi connectivity index (χ4n) is 2.53. The van der Waals surface area contributed by atoms with Crippen LogP contribution in [0.4, 0.5) is 30.7 Å². The van der Waals surface area contributed by atoms with Gasteiger partial charge in [-0.3, -0.25) is 0 Å². The smallest absolute Gasteiger partial charge is 0.218 e. The quantitative estimate of drug-likeness (QED) is 0.461. The summed E-state index contributed by atoms with van der Waals surface area (Å²) in [4.78, 5) is 0. The van der Waals surface area contributed by atoms with Gasteiger partial charge in [-0.2, -0.15) is 26.3 Å². The minimum Gasteiger partial charge on any atom is -0.218 e. The van der Waals surface area contributed by atoms with E-state index in [1.165, 1.54) is 32.0 Å². The number of halogens is 8. The Morgan fingerprint density at radius 2 is 1.40 bits per heavy atom. The molecule has 1 radical (unpaired) electrons. The number of benzene rings is 2. The Kier molecular flexibility index (Phi) is 4.98. The van der Waals surface area contributed by atoms with Crippen LogP contribution < -0.4 is 0 Å². The maximum atomic E-state index is 14.7. The van der Waals surface area contributed by atoms with Crippen molar-refractivity contribution in [2.45, 2.75) is 31.9 Å². The predicted molar refractivity (Wildman–Crippen MR) is 82.8 cm³/mol. The van der Waals surface area contributed by atoms with Crippen molar-refractivity contribution in [3.8, 4) is 11.1 Å². The lowest BCUT2D eigenvalue weighted by atomic mass is 9.85. The Balaban J connectivity index is 2.97. The first-order chi connectivity index (χ1) is 11.3. The van der Waals surface area contributed by atoms with Gasteiger partial charge in [-0.05, 0) is 46.5 Å². The second kappa shape index (κ2) is 6.30. The third-order valence-electron chi connectivity index (χ3n) is 3.72. The van der Waals surface area contributed by atoms with Crippen molar-refractivity contribution < 1.29 is 30.7 Å². The van der Waals surface area contributed by atoms with E-state index >= 15 is 0 Å². The average Bonchev–Trinajstić information content (AvgIpc) is 2.44. The summed E-state index contributed by atoms with van der Waals surface area (Å²) in [5.41, 5.74) is -7.16. The Morgan fingerprint density at radius 1 is 0.880 bits per heavy atom. The summed E-state index contributed by atoms with van der Waals surface area (Å²) in [7, 11) is 0. The van der Waals surface area contributed by atoms with E-state index in [2.05, 4.69) is 22.0 Å². The fourth-order valence-corrected chi connectivity index (χ4v) is 3.27. The molecular weight excluding hydrogens is 417 g/mol. The SMILES string of the molecule is Cc1[c]c(Br)c(-c2ccccc2C)c(C(F)(C(F)(F)F)C(F)(F)F)c1. The van der Waals surface area contributed by atoms with Gasteiger partial charge in [-0.15, -0.1) is 0 Å². The third-order valence-corrected chi connectivity index (χ3v) is 4.32. The number of aryl methyl sites for hydroxylation is 2. The van der Waals surface area contributed by atoms with Gasteiger partial charge in [0.1, 0.15) is 0 Å². The fraction of sp³-hybridized carbons (Fsp3) is 0.294. The molecule has 0 saturated carbocycles. The molecule has 0 amide bonds. The van der Waals surface area contributed by atoms with Crippen molar-refractivity contribution in [3.63, 3.8) is 0 Å². The van der Waals surface area contributed by atoms with Gasteiger partial charge in [0.2, 0.25) is 0 Å². The molecule has 0 aromatic heterocycles. The van der Waals surface area contributed by atoms with Crippen LogP contribution in [0.2, 0.25) is 0 Å². The van der Waals surface area contributed by atoms with Gasteiger partial charge in [-0.25, -0.2) is 4.39 Å². The van der Waals surface area contributed by atoms with E-state index in [0.29, 0.717) is 11.6 Å². The maximum Gasteiger partial charge on any atom is 0.435 e. The van der Waals surface area contributed by atoms with E-state index in [-0.39, 0.29) is 15.6 Å². The first-order valence-corrected chi connectivity index (χ1v) is 7.71. The zero-order valence-electron chi connectivity index (χ0n) is 12.9. The van der Waals surface area contributed by atoms with Gasteiger partial charge >= 0.3 is 18.0 Å². The van der Waals surface area contributed by atoms with Crippen LogP contribution in [0.25, 0.3) is 11.1 Å². The van der Waals surface area contributed by atoms with Crippen LogP contribution in [0.5, 0.6) is 0 Å². The summed E-state index contributed by atoms with van der Waals surface area (Å²) < 4.78 is 93.9. The second-order valence-electron chi connectivity index (χ2n) is 5.52. The van der Waals surface area contributed by atoms with Crippen molar-refractivity contribution in [2.24, 2.45) is 0 Å². The highest BCUT2D eigenvalue weighted by molar-refractivity contribution is 9.10. The second-order valence-corrected chi connectivity index (χ2v) is 6.32. The van der Waals surface area contributed by atoms with Crippen molar-refractivity contribution in [2.75, 3.05) is 0 Å². The van der Waals surface area contributed by atoms with Crippen LogP contribution in [0.3, 0.4) is 0 Å². The lowest BCUT2D eigenvalue weighted by Crippen LogP contribution is -2.50. The van der Waals surface area contributed by atoms with E-state index in [1.807, 2.05) is 0 Å². The van der Waals surface area contributed by atoms with Gasteiger partial charge < -0.3 is 0 Å². The molecule has 2 rings (SSSR count). The highest BCUT2D eigenvalue weighted by Gasteiger charge is 2.74. The average molecular weight is 428 g/mol. The molecule has 8 heteroatoms. The minimum atomic E-state index is -6.18. The third kappa shape index (κ3) is 3.28. The molecule has 0 bridgehead atoms. The molecule has 0 N–H and O–H groups in total. The lowest BCUT2D eigenvalue weighted by molar-refractivity contribution is -0.348. The van der Waals surface area contributed by atoms with Crippen LogP contribution in [-0.2, 0) is 5.67 Å². The zero-order chi connectivity index (χ0) is 19.2. The van der Waals surface area contributed by atoms with E-state index < -0.39 is 29.1 Å². The number of hydrogen-bond donors (Lipinski definition) is 0. The van der Waals surface area contributed by atoms with Gasteiger partial charge in [-0.1, -0.05) is 30.3 Å². The van der Waals surface area contributed by atoms with E-state index in [1.54, 1.807) is 6.07 Å². The van der Waals surface area contributed by atoms with Crippen LogP contribution in [-0.4, -0.2) is 12.4 Å². The van der Waals surface area contributed by atoms with E-state index in [4.69, 9.17) is 0 Å². The molecule has 0 spiro atoms. The molecule has 0 aliphatic carbocycles. The van der Waals surface area contributed by atoms with Crippen LogP contribution in [0, 0.1) is 19.9 Å². The highest BCUT2D eigenvalue weighted by Crippen LogP contribution is 2.56. The standard InChI is InChI=1S/C17H11BrF7/c1-9-7-12(15(19,16(20,21)22)17(23,24)25)14(13(18)8-9)11-6-4-3-5-10(11)2/h3-7H,1-2H3. The summed E-state index contributed by atoms with van der Waals surface area (Å²) in [5, 5.41) is 0. The van der Waals surface area contributed by atoms with E-state index in [0.717, 1.165) is 0 Å². The molecule has 0 aliphatic heterocycles. The Bertz CT molecular complexity index is 777. The summed E-state index contributed by atoms with van der Waals surface area (Å²) in [6.45, 7) is 2.75. The van der Waals surface area contributed by atoms with Gasteiger partial charge in [0.25, 0.3) is 0 Å². The first-order valence-electron chi connectivity index (χ1n) is 6.92. The van der Waals surface area contributed by atoms with Crippen molar-refractivity contribution in [1.82, 2.24) is 0 Å². The largest absolute Gasteiger partial charge is 0.435 e. The minimum absolute atomic E-state index is 0.0520. The molecule has 0 atom stereocenters. The molecule has 0 unspecified atom stereocenters. The molecule has 135 valence electrons. The van der Waals surface area contributed by atoms with Gasteiger partial charge in [0.15, 0.2) is 0 Å². The maximum absolute atomic E-state index is 14.7. The topological polar surface area (TPSA) is 0 Å². The highest BCUT2D eigenvalue weighted by atomic mass is 79.9. The van der Waals surface area contributed by atoms with Gasteiger partial charge in [0, 0.05) is 21.7 Å². The zero-order valence-corrected chi connectivity index (χ0v) is 14.5. The number of rotatable bonds is 2. The van der Waals surface area contributed by atoms with Crippen molar-refractivity contribution >= 4 is 15.9 Å². The normalized spacial score (nSPS) is 13.2. The first kappa shape index (κ1) is 19.8. The Morgan fingerprint density at radius 3 is 1.88 bits per heavy atom. The summed E-state index contributed by atoms with van der Waals surface area (Å²) >= 11 is 2.94. The number of alkyl halides is 7. The van der Waals surface area contributed by atoms with Crippen LogP contribution in [0.1, 0.15) is 16.7 Å². The van der Waals surface area contributed by atoms with E-state index in [9.17, 15) is 30.7 Å². The molecule has 25 heavy (non-hydrogen) atoms. The molecule has 2 aromatic rings. The molecule has 0 aliphatic rings. The lowest BCUT2D eigenvalue weighted by Gasteiger charge is -2.32. The van der Waals surface area contributed by atoms with Gasteiger partial charge in [0.05, 0.1) is 0 Å².